The van der Waals surface area contributed by atoms with Gasteiger partial charge in [0.25, 0.3) is 5.91 Å². The standard InChI is InChI=1S/C22H28FN5O2/c1-2-25-22(26-15-17-4-3-5-20(14-17)30-16-21(24)29)28-12-10-27(11-13-28)19-8-6-18(23)7-9-19/h3-9,14H,2,10-13,15-16H2,1H3,(H2,24,29)(H,25,26). The summed E-state index contributed by atoms with van der Waals surface area (Å²) in [5.41, 5.74) is 7.14. The molecule has 1 heterocycles. The van der Waals surface area contributed by atoms with Crippen molar-refractivity contribution in [2.75, 3.05) is 44.2 Å². The van der Waals surface area contributed by atoms with Gasteiger partial charge < -0.3 is 25.6 Å². The van der Waals surface area contributed by atoms with Gasteiger partial charge in [-0.2, -0.15) is 0 Å². The molecule has 160 valence electrons. The van der Waals surface area contributed by atoms with E-state index >= 15 is 0 Å². The summed E-state index contributed by atoms with van der Waals surface area (Å²) in [6.07, 6.45) is 0. The van der Waals surface area contributed by atoms with E-state index in [2.05, 4.69) is 15.1 Å². The fourth-order valence-corrected chi connectivity index (χ4v) is 3.31. The van der Waals surface area contributed by atoms with Gasteiger partial charge in [-0.3, -0.25) is 4.79 Å². The number of halogens is 1. The number of carbonyl (C=O) groups is 1. The molecule has 0 aromatic heterocycles. The summed E-state index contributed by atoms with van der Waals surface area (Å²) < 4.78 is 18.5. The second-order valence-electron chi connectivity index (χ2n) is 7.02. The number of hydrogen-bond acceptors (Lipinski definition) is 4. The molecule has 0 aliphatic carbocycles. The smallest absolute Gasteiger partial charge is 0.255 e. The van der Waals surface area contributed by atoms with Crippen molar-refractivity contribution in [3.63, 3.8) is 0 Å². The normalized spacial score (nSPS) is 14.5. The second kappa shape index (κ2) is 10.5. The van der Waals surface area contributed by atoms with Crippen LogP contribution in [0.5, 0.6) is 5.75 Å². The number of primary amides is 1. The average molecular weight is 413 g/mol. The van der Waals surface area contributed by atoms with Crippen molar-refractivity contribution in [2.45, 2.75) is 13.5 Å². The molecule has 0 unspecified atom stereocenters. The largest absolute Gasteiger partial charge is 0.484 e. The lowest BCUT2D eigenvalue weighted by molar-refractivity contribution is -0.119. The second-order valence-corrected chi connectivity index (χ2v) is 7.02. The van der Waals surface area contributed by atoms with E-state index in [1.54, 1.807) is 6.07 Å². The van der Waals surface area contributed by atoms with E-state index in [9.17, 15) is 9.18 Å². The first-order chi connectivity index (χ1) is 14.5. The summed E-state index contributed by atoms with van der Waals surface area (Å²) >= 11 is 0. The van der Waals surface area contributed by atoms with E-state index in [4.69, 9.17) is 15.5 Å². The first kappa shape index (κ1) is 21.4. The Morgan fingerprint density at radius 2 is 1.90 bits per heavy atom. The van der Waals surface area contributed by atoms with Crippen LogP contribution in [0.25, 0.3) is 0 Å². The van der Waals surface area contributed by atoms with E-state index < -0.39 is 5.91 Å². The molecule has 0 radical (unpaired) electrons. The van der Waals surface area contributed by atoms with Crippen molar-refractivity contribution in [2.24, 2.45) is 10.7 Å². The number of nitrogens with two attached hydrogens (primary N) is 1. The van der Waals surface area contributed by atoms with Gasteiger partial charge in [0, 0.05) is 38.4 Å². The van der Waals surface area contributed by atoms with Gasteiger partial charge in [0.15, 0.2) is 12.6 Å². The number of benzene rings is 2. The van der Waals surface area contributed by atoms with Crippen LogP contribution in [0.3, 0.4) is 0 Å². The van der Waals surface area contributed by atoms with Crippen molar-refractivity contribution in [1.82, 2.24) is 10.2 Å². The van der Waals surface area contributed by atoms with Crippen molar-refractivity contribution in [3.05, 3.63) is 59.9 Å². The number of hydrogen-bond donors (Lipinski definition) is 2. The number of nitrogens with one attached hydrogen (secondary N) is 1. The topological polar surface area (TPSA) is 83.2 Å². The predicted molar refractivity (Wildman–Crippen MR) is 116 cm³/mol. The van der Waals surface area contributed by atoms with Crippen LogP contribution in [0.15, 0.2) is 53.5 Å². The highest BCUT2D eigenvalue weighted by Crippen LogP contribution is 2.18. The van der Waals surface area contributed by atoms with Crippen LogP contribution in [-0.4, -0.2) is 56.1 Å². The lowest BCUT2D eigenvalue weighted by atomic mass is 10.2. The first-order valence-corrected chi connectivity index (χ1v) is 10.1. The Kier molecular flexibility index (Phi) is 7.48. The fraction of sp³-hybridized carbons (Fsp3) is 0.364. The molecule has 1 aliphatic heterocycles. The molecule has 2 aromatic carbocycles. The molecule has 3 N–H and O–H groups in total. The van der Waals surface area contributed by atoms with Crippen molar-refractivity contribution >= 4 is 17.6 Å². The average Bonchev–Trinajstić information content (AvgIpc) is 2.76. The molecule has 0 atom stereocenters. The Morgan fingerprint density at radius 1 is 1.17 bits per heavy atom. The predicted octanol–water partition coefficient (Wildman–Crippen LogP) is 1.98. The highest BCUT2D eigenvalue weighted by Gasteiger charge is 2.19. The minimum Gasteiger partial charge on any atom is -0.484 e. The Hall–Kier alpha value is -3.29. The monoisotopic (exact) mass is 413 g/mol. The van der Waals surface area contributed by atoms with Crippen molar-refractivity contribution in [1.29, 1.82) is 0 Å². The third kappa shape index (κ3) is 6.10. The number of ether oxygens (including phenoxy) is 1. The van der Waals surface area contributed by atoms with E-state index in [0.29, 0.717) is 12.3 Å². The Balaban J connectivity index is 1.60. The van der Waals surface area contributed by atoms with Gasteiger partial charge in [-0.25, -0.2) is 9.38 Å². The van der Waals surface area contributed by atoms with Crippen molar-refractivity contribution in [3.8, 4) is 5.75 Å². The summed E-state index contributed by atoms with van der Waals surface area (Å²) in [6, 6.07) is 14.1. The molecule has 7 nitrogen and oxygen atoms in total. The quantitative estimate of drug-likeness (QED) is 0.536. The summed E-state index contributed by atoms with van der Waals surface area (Å²) in [6.45, 7) is 6.50. The van der Waals surface area contributed by atoms with Crippen LogP contribution >= 0.6 is 0 Å². The van der Waals surface area contributed by atoms with Crippen LogP contribution in [0.2, 0.25) is 0 Å². The summed E-state index contributed by atoms with van der Waals surface area (Å²) in [7, 11) is 0. The number of anilines is 1. The molecule has 30 heavy (non-hydrogen) atoms. The molecule has 0 saturated carbocycles. The summed E-state index contributed by atoms with van der Waals surface area (Å²) in [5, 5.41) is 3.35. The van der Waals surface area contributed by atoms with E-state index in [1.807, 2.05) is 37.3 Å². The molecular weight excluding hydrogens is 385 g/mol. The first-order valence-electron chi connectivity index (χ1n) is 10.1. The van der Waals surface area contributed by atoms with Gasteiger partial charge in [-0.15, -0.1) is 0 Å². The maximum absolute atomic E-state index is 13.2. The Morgan fingerprint density at radius 3 is 2.57 bits per heavy atom. The highest BCUT2D eigenvalue weighted by molar-refractivity contribution is 5.80. The van der Waals surface area contributed by atoms with Gasteiger partial charge in [0.05, 0.1) is 6.54 Å². The van der Waals surface area contributed by atoms with Crippen LogP contribution in [-0.2, 0) is 11.3 Å². The molecule has 0 bridgehead atoms. The summed E-state index contributed by atoms with van der Waals surface area (Å²) in [5.74, 6) is 0.731. The zero-order valence-electron chi connectivity index (χ0n) is 17.2. The maximum atomic E-state index is 13.2. The van der Waals surface area contributed by atoms with Crippen LogP contribution in [0.4, 0.5) is 10.1 Å². The number of nitrogens with zero attached hydrogens (tertiary/aromatic N) is 3. The highest BCUT2D eigenvalue weighted by atomic mass is 19.1. The lowest BCUT2D eigenvalue weighted by Crippen LogP contribution is -2.52. The zero-order valence-corrected chi connectivity index (χ0v) is 17.2. The van der Waals surface area contributed by atoms with E-state index in [-0.39, 0.29) is 12.4 Å². The van der Waals surface area contributed by atoms with Crippen molar-refractivity contribution < 1.29 is 13.9 Å². The molecular formula is C22H28FN5O2. The molecule has 1 amide bonds. The molecule has 8 heteroatoms. The Bertz CT molecular complexity index is 864. The maximum Gasteiger partial charge on any atom is 0.255 e. The zero-order chi connectivity index (χ0) is 21.3. The number of guanidine groups is 1. The minimum absolute atomic E-state index is 0.145. The van der Waals surface area contributed by atoms with E-state index in [0.717, 1.165) is 49.9 Å². The van der Waals surface area contributed by atoms with Gasteiger partial charge in [-0.1, -0.05) is 12.1 Å². The number of amides is 1. The number of piperazine rings is 1. The third-order valence-corrected chi connectivity index (χ3v) is 4.80. The molecule has 0 spiro atoms. The SMILES string of the molecule is CCNC(=NCc1cccc(OCC(N)=O)c1)N1CCN(c2ccc(F)cc2)CC1. The lowest BCUT2D eigenvalue weighted by Gasteiger charge is -2.37. The molecule has 1 fully saturated rings. The Labute approximate surface area is 176 Å². The summed E-state index contributed by atoms with van der Waals surface area (Å²) in [4.78, 5) is 20.1. The van der Waals surface area contributed by atoms with Gasteiger partial charge in [-0.05, 0) is 48.9 Å². The van der Waals surface area contributed by atoms with Crippen LogP contribution < -0.4 is 20.7 Å². The van der Waals surface area contributed by atoms with Crippen LogP contribution in [0, 0.1) is 5.82 Å². The molecule has 2 aromatic rings. The van der Waals surface area contributed by atoms with Crippen LogP contribution in [0.1, 0.15) is 12.5 Å². The fourth-order valence-electron chi connectivity index (χ4n) is 3.31. The third-order valence-electron chi connectivity index (χ3n) is 4.80. The van der Waals surface area contributed by atoms with Gasteiger partial charge in [0.2, 0.25) is 0 Å². The number of carbonyl (C=O) groups excluding carboxylic acids is 1. The van der Waals surface area contributed by atoms with Gasteiger partial charge >= 0.3 is 0 Å². The van der Waals surface area contributed by atoms with Gasteiger partial charge in [0.1, 0.15) is 11.6 Å². The minimum atomic E-state index is -0.507. The number of rotatable bonds is 7. The molecule has 1 aliphatic rings. The molecule has 1 saturated heterocycles. The molecule has 3 rings (SSSR count). The van der Waals surface area contributed by atoms with E-state index in [1.165, 1.54) is 12.1 Å². The number of aliphatic imine (C=N–C) groups is 1.